The van der Waals surface area contributed by atoms with Crippen molar-refractivity contribution in [3.63, 3.8) is 0 Å². The predicted octanol–water partition coefficient (Wildman–Crippen LogP) is 3.19. The second kappa shape index (κ2) is 5.67. The highest BCUT2D eigenvalue weighted by molar-refractivity contribution is 6.31. The van der Waals surface area contributed by atoms with Crippen molar-refractivity contribution >= 4 is 17.6 Å². The summed E-state index contributed by atoms with van der Waals surface area (Å²) in [5.41, 5.74) is -1.40. The van der Waals surface area contributed by atoms with Gasteiger partial charge in [-0.3, -0.25) is 4.79 Å². The molecule has 0 amide bonds. The number of aliphatic hydroxyl groups is 1. The zero-order valence-electron chi connectivity index (χ0n) is 10.3. The summed E-state index contributed by atoms with van der Waals surface area (Å²) in [6.45, 7) is 3.22. The molecule has 0 aromatic heterocycles. The Morgan fingerprint density at radius 1 is 1.56 bits per heavy atom. The second-order valence-electron chi connectivity index (χ2n) is 4.45. The Morgan fingerprint density at radius 2 is 2.17 bits per heavy atom. The van der Waals surface area contributed by atoms with Crippen LogP contribution in [0.2, 0.25) is 5.02 Å². The van der Waals surface area contributed by atoms with Crippen LogP contribution in [0, 0.1) is 11.7 Å². The molecule has 1 aromatic rings. The van der Waals surface area contributed by atoms with Crippen molar-refractivity contribution in [3.05, 3.63) is 34.6 Å². The highest BCUT2D eigenvalue weighted by Gasteiger charge is 2.39. The molecular formula is C13H16ClFO3. The Bertz CT molecular complexity index is 446. The smallest absolute Gasteiger partial charge is 0.309 e. The highest BCUT2D eigenvalue weighted by Crippen LogP contribution is 2.36. The molecule has 100 valence electrons. The van der Waals surface area contributed by atoms with Gasteiger partial charge in [0.05, 0.1) is 5.92 Å². The third kappa shape index (κ3) is 3.00. The minimum absolute atomic E-state index is 0.0300. The number of hydrogen-bond donors (Lipinski definition) is 2. The lowest BCUT2D eigenvalue weighted by molar-refractivity contribution is -0.152. The lowest BCUT2D eigenvalue weighted by Crippen LogP contribution is -2.37. The van der Waals surface area contributed by atoms with Crippen molar-refractivity contribution in [1.82, 2.24) is 0 Å². The molecule has 0 fully saturated rings. The molecule has 0 heterocycles. The van der Waals surface area contributed by atoms with Gasteiger partial charge in [-0.2, -0.15) is 0 Å². The van der Waals surface area contributed by atoms with E-state index in [1.54, 1.807) is 0 Å². The Hall–Kier alpha value is -1.13. The first-order valence-corrected chi connectivity index (χ1v) is 6.09. The van der Waals surface area contributed by atoms with Gasteiger partial charge in [-0.25, -0.2) is 4.39 Å². The Morgan fingerprint density at radius 3 is 2.61 bits per heavy atom. The molecule has 0 radical (unpaired) electrons. The predicted molar refractivity (Wildman–Crippen MR) is 67.0 cm³/mol. The molecule has 0 aliphatic carbocycles. The number of carboxylic acids is 1. The molecule has 0 aliphatic rings. The summed E-state index contributed by atoms with van der Waals surface area (Å²) in [5.74, 6) is -2.60. The summed E-state index contributed by atoms with van der Waals surface area (Å²) in [4.78, 5) is 11.2. The first kappa shape index (κ1) is 14.9. The molecule has 1 rings (SSSR count). The third-order valence-electron chi connectivity index (χ3n) is 3.03. The molecule has 2 N–H and O–H groups in total. The highest BCUT2D eigenvalue weighted by atomic mass is 35.5. The number of hydrogen-bond acceptors (Lipinski definition) is 2. The van der Waals surface area contributed by atoms with Crippen LogP contribution in [0.5, 0.6) is 0 Å². The van der Waals surface area contributed by atoms with Crippen LogP contribution in [0.15, 0.2) is 18.2 Å². The van der Waals surface area contributed by atoms with Crippen molar-refractivity contribution in [1.29, 1.82) is 0 Å². The molecule has 2 atom stereocenters. The van der Waals surface area contributed by atoms with E-state index in [2.05, 4.69) is 0 Å². The fourth-order valence-corrected chi connectivity index (χ4v) is 2.38. The Kier molecular flexibility index (Phi) is 4.71. The zero-order valence-corrected chi connectivity index (χ0v) is 11.0. The van der Waals surface area contributed by atoms with Gasteiger partial charge in [0.15, 0.2) is 0 Å². The molecule has 18 heavy (non-hydrogen) atoms. The fraction of sp³-hybridized carbons (Fsp3) is 0.462. The summed E-state index contributed by atoms with van der Waals surface area (Å²) in [6.07, 6.45) is 0.933. The minimum atomic E-state index is -1.63. The quantitative estimate of drug-likeness (QED) is 0.867. The van der Waals surface area contributed by atoms with E-state index in [0.29, 0.717) is 12.8 Å². The maximum atomic E-state index is 13.0. The average molecular weight is 275 g/mol. The van der Waals surface area contributed by atoms with Crippen molar-refractivity contribution in [2.24, 2.45) is 5.92 Å². The van der Waals surface area contributed by atoms with Crippen LogP contribution < -0.4 is 0 Å². The normalized spacial score (nSPS) is 16.1. The van der Waals surface area contributed by atoms with Crippen LogP contribution in [0.1, 0.15) is 32.3 Å². The molecule has 0 spiro atoms. The molecule has 1 aromatic carbocycles. The van der Waals surface area contributed by atoms with E-state index in [-0.39, 0.29) is 10.6 Å². The molecule has 3 nitrogen and oxygen atoms in total. The molecular weight excluding hydrogens is 259 g/mol. The number of aliphatic carboxylic acids is 1. The van der Waals surface area contributed by atoms with Crippen molar-refractivity contribution in [2.75, 3.05) is 0 Å². The van der Waals surface area contributed by atoms with Crippen molar-refractivity contribution in [3.8, 4) is 0 Å². The van der Waals surface area contributed by atoms with E-state index < -0.39 is 23.3 Å². The van der Waals surface area contributed by atoms with E-state index in [9.17, 15) is 14.3 Å². The monoisotopic (exact) mass is 274 g/mol. The number of halogens is 2. The summed E-state index contributed by atoms with van der Waals surface area (Å²) >= 11 is 5.87. The van der Waals surface area contributed by atoms with Gasteiger partial charge in [-0.05, 0) is 25.5 Å². The van der Waals surface area contributed by atoms with Gasteiger partial charge in [0, 0.05) is 10.6 Å². The minimum Gasteiger partial charge on any atom is -0.481 e. The largest absolute Gasteiger partial charge is 0.481 e. The van der Waals surface area contributed by atoms with Crippen LogP contribution in [0.3, 0.4) is 0 Å². The van der Waals surface area contributed by atoms with Crippen molar-refractivity contribution < 1.29 is 19.4 Å². The molecule has 2 unspecified atom stereocenters. The standard InChI is InChI=1S/C13H16ClFO3/c1-3-4-10(12(16)17)13(2,18)9-6-5-8(15)7-11(9)14/h5-7,10,18H,3-4H2,1-2H3,(H,16,17). The summed E-state index contributed by atoms with van der Waals surface area (Å²) < 4.78 is 13.0. The van der Waals surface area contributed by atoms with Gasteiger partial charge in [-0.15, -0.1) is 0 Å². The first-order chi connectivity index (χ1) is 8.30. The van der Waals surface area contributed by atoms with Crippen LogP contribution in [-0.4, -0.2) is 16.2 Å². The number of benzene rings is 1. The number of rotatable bonds is 5. The summed E-state index contributed by atoms with van der Waals surface area (Å²) in [7, 11) is 0. The van der Waals surface area contributed by atoms with E-state index in [0.717, 1.165) is 12.1 Å². The van der Waals surface area contributed by atoms with Crippen LogP contribution in [0.25, 0.3) is 0 Å². The van der Waals surface area contributed by atoms with E-state index >= 15 is 0 Å². The van der Waals surface area contributed by atoms with E-state index in [4.69, 9.17) is 16.7 Å². The molecule has 0 bridgehead atoms. The SMILES string of the molecule is CCCC(C(=O)O)C(C)(O)c1ccc(F)cc1Cl. The lowest BCUT2D eigenvalue weighted by Gasteiger charge is -2.31. The number of carbonyl (C=O) groups is 1. The average Bonchev–Trinajstić information content (AvgIpc) is 2.24. The van der Waals surface area contributed by atoms with Crippen LogP contribution >= 0.6 is 11.6 Å². The maximum Gasteiger partial charge on any atom is 0.309 e. The van der Waals surface area contributed by atoms with Gasteiger partial charge >= 0.3 is 5.97 Å². The van der Waals surface area contributed by atoms with Gasteiger partial charge in [0.25, 0.3) is 0 Å². The molecule has 0 saturated heterocycles. The maximum absolute atomic E-state index is 13.0. The van der Waals surface area contributed by atoms with Gasteiger partial charge in [0.2, 0.25) is 0 Å². The topological polar surface area (TPSA) is 57.5 Å². The second-order valence-corrected chi connectivity index (χ2v) is 4.86. The van der Waals surface area contributed by atoms with Gasteiger partial charge < -0.3 is 10.2 Å². The molecule has 0 saturated carbocycles. The lowest BCUT2D eigenvalue weighted by atomic mass is 9.80. The fourth-order valence-electron chi connectivity index (χ4n) is 2.02. The van der Waals surface area contributed by atoms with Crippen molar-refractivity contribution in [2.45, 2.75) is 32.3 Å². The first-order valence-electron chi connectivity index (χ1n) is 5.71. The molecule has 5 heteroatoms. The van der Waals surface area contributed by atoms with E-state index in [1.165, 1.54) is 13.0 Å². The summed E-state index contributed by atoms with van der Waals surface area (Å²) in [6, 6.07) is 3.54. The third-order valence-corrected chi connectivity index (χ3v) is 3.34. The Labute approximate surface area is 110 Å². The summed E-state index contributed by atoms with van der Waals surface area (Å²) in [5, 5.41) is 19.6. The molecule has 0 aliphatic heterocycles. The zero-order chi connectivity index (χ0) is 13.9. The van der Waals surface area contributed by atoms with E-state index in [1.807, 2.05) is 6.92 Å². The van der Waals surface area contributed by atoms with Gasteiger partial charge in [0.1, 0.15) is 11.4 Å². The van der Waals surface area contributed by atoms with Crippen LogP contribution in [0.4, 0.5) is 4.39 Å². The van der Waals surface area contributed by atoms with Crippen LogP contribution in [-0.2, 0) is 10.4 Å². The van der Waals surface area contributed by atoms with Gasteiger partial charge in [-0.1, -0.05) is 31.0 Å². The Balaban J connectivity index is 3.21. The number of carboxylic acid groups (broad SMARTS) is 1.